The van der Waals surface area contributed by atoms with Crippen molar-refractivity contribution in [1.29, 1.82) is 0 Å². The molecule has 2 rings (SSSR count). The van der Waals surface area contributed by atoms with Gasteiger partial charge in [-0.3, -0.25) is 10.1 Å². The van der Waals surface area contributed by atoms with Crippen LogP contribution in [-0.4, -0.2) is 4.92 Å². The zero-order valence-corrected chi connectivity index (χ0v) is 8.74. The lowest BCUT2D eigenvalue weighted by Crippen LogP contribution is -1.95. The van der Waals surface area contributed by atoms with Crippen LogP contribution in [0.2, 0.25) is 0 Å². The molecule has 0 heterocycles. The molecule has 1 aromatic carbocycles. The fourth-order valence-corrected chi connectivity index (χ4v) is 1.79. The van der Waals surface area contributed by atoms with Gasteiger partial charge in [-0.25, -0.2) is 4.39 Å². The minimum atomic E-state index is -0.473. The zero-order chi connectivity index (χ0) is 11.7. The number of fused-ring (bicyclic) bond motifs is 1. The number of nitro groups is 1. The molecular weight excluding hydrogens is 209 g/mol. The Kier molecular flexibility index (Phi) is 2.56. The molecule has 0 radical (unpaired) electrons. The van der Waals surface area contributed by atoms with Gasteiger partial charge >= 0.3 is 0 Å². The molecular formula is C12H10FNO2. The summed E-state index contributed by atoms with van der Waals surface area (Å²) in [5.74, 6) is -0.325. The highest BCUT2D eigenvalue weighted by atomic mass is 19.1. The number of nitrogens with zero attached hydrogens (tertiary/aromatic N) is 1. The predicted octanol–water partition coefficient (Wildman–Crippen LogP) is 2.95. The number of hydrogen-bond acceptors (Lipinski definition) is 2. The SMILES string of the molecule is C/C(=C/C1=CCc2cccc(F)c21)[N+](=O)[O-]. The highest BCUT2D eigenvalue weighted by molar-refractivity contribution is 5.80. The summed E-state index contributed by atoms with van der Waals surface area (Å²) in [6.07, 6.45) is 3.85. The molecule has 1 aromatic rings. The lowest BCUT2D eigenvalue weighted by molar-refractivity contribution is -0.424. The third-order valence-corrected chi connectivity index (χ3v) is 2.58. The van der Waals surface area contributed by atoms with Gasteiger partial charge in [0.2, 0.25) is 5.70 Å². The summed E-state index contributed by atoms with van der Waals surface area (Å²) in [5.41, 5.74) is 1.98. The second-order valence-electron chi connectivity index (χ2n) is 3.68. The van der Waals surface area contributed by atoms with E-state index in [0.717, 1.165) is 5.56 Å². The first-order valence-electron chi connectivity index (χ1n) is 4.90. The van der Waals surface area contributed by atoms with Crippen LogP contribution in [0.25, 0.3) is 5.57 Å². The van der Waals surface area contributed by atoms with Crippen LogP contribution >= 0.6 is 0 Å². The molecule has 82 valence electrons. The molecule has 0 spiro atoms. The van der Waals surface area contributed by atoms with Gasteiger partial charge < -0.3 is 0 Å². The van der Waals surface area contributed by atoms with E-state index in [0.29, 0.717) is 17.6 Å². The monoisotopic (exact) mass is 219 g/mol. The van der Waals surface area contributed by atoms with E-state index in [1.165, 1.54) is 19.1 Å². The van der Waals surface area contributed by atoms with Gasteiger partial charge in [-0.1, -0.05) is 18.2 Å². The Morgan fingerprint density at radius 1 is 1.56 bits per heavy atom. The summed E-state index contributed by atoms with van der Waals surface area (Å²) in [4.78, 5) is 10.0. The van der Waals surface area contributed by atoms with E-state index in [-0.39, 0.29) is 11.5 Å². The Bertz CT molecular complexity index is 518. The molecule has 3 nitrogen and oxygen atoms in total. The fraction of sp³-hybridized carbons (Fsp3) is 0.167. The van der Waals surface area contributed by atoms with Gasteiger partial charge in [-0.2, -0.15) is 0 Å². The van der Waals surface area contributed by atoms with Crippen molar-refractivity contribution in [1.82, 2.24) is 0 Å². The Morgan fingerprint density at radius 2 is 2.31 bits per heavy atom. The standard InChI is InChI=1S/C12H10FNO2/c1-8(14(15)16)7-10-6-5-9-3-2-4-11(13)12(9)10/h2-4,6-7H,5H2,1H3/b8-7-. The molecule has 16 heavy (non-hydrogen) atoms. The molecule has 0 bridgehead atoms. The van der Waals surface area contributed by atoms with Crippen LogP contribution in [0.15, 0.2) is 36.0 Å². The van der Waals surface area contributed by atoms with Gasteiger partial charge in [0.1, 0.15) is 5.82 Å². The topological polar surface area (TPSA) is 43.1 Å². The van der Waals surface area contributed by atoms with Crippen molar-refractivity contribution in [2.24, 2.45) is 0 Å². The van der Waals surface area contributed by atoms with E-state index in [1.807, 2.05) is 6.07 Å². The minimum absolute atomic E-state index is 0.0161. The molecule has 0 aliphatic heterocycles. The summed E-state index contributed by atoms with van der Waals surface area (Å²) in [6, 6.07) is 4.85. The van der Waals surface area contributed by atoms with Crippen LogP contribution in [0, 0.1) is 15.9 Å². The van der Waals surface area contributed by atoms with Gasteiger partial charge in [0.15, 0.2) is 0 Å². The summed E-state index contributed by atoms with van der Waals surface area (Å²) < 4.78 is 13.6. The van der Waals surface area contributed by atoms with Crippen LogP contribution in [0.3, 0.4) is 0 Å². The lowest BCUT2D eigenvalue weighted by Gasteiger charge is -2.02. The minimum Gasteiger partial charge on any atom is -0.259 e. The summed E-state index contributed by atoms with van der Waals surface area (Å²) >= 11 is 0. The molecule has 0 fully saturated rings. The second-order valence-corrected chi connectivity index (χ2v) is 3.68. The third kappa shape index (κ3) is 1.74. The lowest BCUT2D eigenvalue weighted by atomic mass is 10.0. The van der Waals surface area contributed by atoms with E-state index in [2.05, 4.69) is 0 Å². The first-order chi connectivity index (χ1) is 7.59. The average Bonchev–Trinajstić information content (AvgIpc) is 2.63. The second kappa shape index (κ2) is 3.89. The van der Waals surface area contributed by atoms with Gasteiger partial charge in [-0.05, 0) is 23.6 Å². The maximum atomic E-state index is 13.6. The van der Waals surface area contributed by atoms with Gasteiger partial charge in [-0.15, -0.1) is 0 Å². The van der Waals surface area contributed by atoms with E-state index in [9.17, 15) is 14.5 Å². The van der Waals surface area contributed by atoms with Gasteiger partial charge in [0.05, 0.1) is 4.92 Å². The van der Waals surface area contributed by atoms with Crippen molar-refractivity contribution in [3.8, 4) is 0 Å². The van der Waals surface area contributed by atoms with Gasteiger partial charge in [0.25, 0.3) is 0 Å². The Morgan fingerprint density at radius 3 is 3.00 bits per heavy atom. The number of halogens is 1. The summed E-state index contributed by atoms with van der Waals surface area (Å²) in [6.45, 7) is 1.40. The van der Waals surface area contributed by atoms with Crippen LogP contribution in [-0.2, 0) is 6.42 Å². The van der Waals surface area contributed by atoms with Crippen molar-refractivity contribution in [2.45, 2.75) is 13.3 Å². The first-order valence-corrected chi connectivity index (χ1v) is 4.90. The van der Waals surface area contributed by atoms with Crippen molar-refractivity contribution in [2.75, 3.05) is 0 Å². The fourth-order valence-electron chi connectivity index (χ4n) is 1.79. The van der Waals surface area contributed by atoms with Crippen molar-refractivity contribution in [3.63, 3.8) is 0 Å². The van der Waals surface area contributed by atoms with E-state index in [4.69, 9.17) is 0 Å². The maximum absolute atomic E-state index is 13.6. The highest BCUT2D eigenvalue weighted by Gasteiger charge is 2.18. The Labute approximate surface area is 92.1 Å². The number of allylic oxidation sites excluding steroid dienone is 4. The van der Waals surface area contributed by atoms with Crippen molar-refractivity contribution in [3.05, 3.63) is 63.1 Å². The summed E-state index contributed by atoms with van der Waals surface area (Å²) in [5, 5.41) is 10.5. The number of hydrogen-bond donors (Lipinski definition) is 0. The van der Waals surface area contributed by atoms with Crippen LogP contribution in [0.5, 0.6) is 0 Å². The van der Waals surface area contributed by atoms with Crippen LogP contribution in [0.4, 0.5) is 4.39 Å². The van der Waals surface area contributed by atoms with Crippen LogP contribution < -0.4 is 0 Å². The van der Waals surface area contributed by atoms with E-state index in [1.54, 1.807) is 12.1 Å². The smallest absolute Gasteiger partial charge is 0.243 e. The molecule has 0 saturated heterocycles. The first kappa shape index (κ1) is 10.5. The molecule has 0 amide bonds. The van der Waals surface area contributed by atoms with E-state index < -0.39 is 4.92 Å². The highest BCUT2D eigenvalue weighted by Crippen LogP contribution is 2.31. The largest absolute Gasteiger partial charge is 0.259 e. The maximum Gasteiger partial charge on any atom is 0.243 e. The summed E-state index contributed by atoms with van der Waals surface area (Å²) in [7, 11) is 0. The third-order valence-electron chi connectivity index (χ3n) is 2.58. The Hall–Kier alpha value is -1.97. The number of rotatable bonds is 2. The van der Waals surface area contributed by atoms with Gasteiger partial charge in [0, 0.05) is 18.6 Å². The molecule has 0 N–H and O–H groups in total. The Balaban J connectivity index is 2.44. The molecule has 4 heteroatoms. The number of benzene rings is 1. The normalized spacial score (nSPS) is 14.6. The quantitative estimate of drug-likeness (QED) is 0.567. The molecule has 0 unspecified atom stereocenters. The van der Waals surface area contributed by atoms with E-state index >= 15 is 0 Å². The van der Waals surface area contributed by atoms with Crippen LogP contribution in [0.1, 0.15) is 18.1 Å². The molecule has 0 atom stereocenters. The average molecular weight is 219 g/mol. The molecule has 1 aliphatic carbocycles. The molecule has 0 aromatic heterocycles. The molecule has 0 saturated carbocycles. The van der Waals surface area contributed by atoms with Crippen molar-refractivity contribution >= 4 is 5.57 Å². The van der Waals surface area contributed by atoms with Crippen molar-refractivity contribution < 1.29 is 9.31 Å². The molecule has 1 aliphatic rings. The zero-order valence-electron chi connectivity index (χ0n) is 8.74. The predicted molar refractivity (Wildman–Crippen MR) is 58.8 cm³/mol.